The van der Waals surface area contributed by atoms with Gasteiger partial charge in [-0.3, -0.25) is 9.69 Å². The van der Waals surface area contributed by atoms with Crippen LogP contribution in [0.4, 0.5) is 11.4 Å². The third kappa shape index (κ3) is 3.23. The van der Waals surface area contributed by atoms with Crippen LogP contribution >= 0.6 is 23.2 Å². The zero-order chi connectivity index (χ0) is 20.0. The molecule has 1 N–H and O–H groups in total. The van der Waals surface area contributed by atoms with Crippen molar-refractivity contribution in [1.29, 1.82) is 0 Å². The Hall–Kier alpha value is -3.01. The minimum absolute atomic E-state index is 0.0632. The molecule has 4 aromatic carbocycles. The molecule has 0 saturated heterocycles. The summed E-state index contributed by atoms with van der Waals surface area (Å²) in [5, 5.41) is 6.94. The Morgan fingerprint density at radius 1 is 0.759 bits per heavy atom. The lowest BCUT2D eigenvalue weighted by molar-refractivity contribution is 0.0975. The minimum atomic E-state index is -0.366. The van der Waals surface area contributed by atoms with Crippen LogP contribution in [0.1, 0.15) is 22.1 Å². The predicted octanol–water partition coefficient (Wildman–Crippen LogP) is 6.92. The Bertz CT molecular complexity index is 1220. The van der Waals surface area contributed by atoms with E-state index >= 15 is 0 Å². The lowest BCUT2D eigenvalue weighted by Gasteiger charge is -2.38. The lowest BCUT2D eigenvalue weighted by atomic mass is 9.99. The number of anilines is 2. The SMILES string of the molecule is O=C1c2cc3ccccc3cc2NC(c2ccc(Cl)cc2)N1c1ccc(Cl)cc1. The first-order chi connectivity index (χ1) is 14.1. The van der Waals surface area contributed by atoms with Gasteiger partial charge in [-0.15, -0.1) is 0 Å². The van der Waals surface area contributed by atoms with E-state index in [1.165, 1.54) is 0 Å². The average molecular weight is 419 g/mol. The number of hydrogen-bond donors (Lipinski definition) is 1. The second-order valence-electron chi connectivity index (χ2n) is 6.99. The van der Waals surface area contributed by atoms with E-state index in [1.54, 1.807) is 17.0 Å². The topological polar surface area (TPSA) is 32.3 Å². The summed E-state index contributed by atoms with van der Waals surface area (Å²) in [5.41, 5.74) is 3.17. The summed E-state index contributed by atoms with van der Waals surface area (Å²) in [6.07, 6.45) is -0.366. The number of carbonyl (C=O) groups excluding carboxylic acids is 1. The maximum Gasteiger partial charge on any atom is 0.262 e. The van der Waals surface area contributed by atoms with Gasteiger partial charge in [-0.25, -0.2) is 0 Å². The number of hydrogen-bond acceptors (Lipinski definition) is 2. The highest BCUT2D eigenvalue weighted by Crippen LogP contribution is 2.38. The van der Waals surface area contributed by atoms with Crippen molar-refractivity contribution in [2.75, 3.05) is 10.2 Å². The molecule has 29 heavy (non-hydrogen) atoms. The summed E-state index contributed by atoms with van der Waals surface area (Å²) in [6.45, 7) is 0. The molecule has 5 heteroatoms. The standard InChI is InChI=1S/C24H16Cl2N2O/c25-18-7-5-15(6-8-18)23-27-22-14-17-4-2-1-3-16(17)13-21(22)24(29)28(23)20-11-9-19(26)10-12-20/h1-14,23,27H. The highest BCUT2D eigenvalue weighted by atomic mass is 35.5. The van der Waals surface area contributed by atoms with Gasteiger partial charge in [0.25, 0.3) is 5.91 Å². The number of nitrogens with zero attached hydrogens (tertiary/aromatic N) is 1. The zero-order valence-electron chi connectivity index (χ0n) is 15.3. The summed E-state index contributed by atoms with van der Waals surface area (Å²) in [6, 6.07) is 26.8. The molecule has 1 atom stereocenters. The number of benzene rings is 4. The number of nitrogens with one attached hydrogen (secondary N) is 1. The molecule has 0 saturated carbocycles. The van der Waals surface area contributed by atoms with Gasteiger partial charge in [0.05, 0.1) is 5.56 Å². The minimum Gasteiger partial charge on any atom is -0.360 e. The largest absolute Gasteiger partial charge is 0.360 e. The fourth-order valence-corrected chi connectivity index (χ4v) is 3.99. The fourth-order valence-electron chi connectivity index (χ4n) is 3.74. The van der Waals surface area contributed by atoms with E-state index < -0.39 is 0 Å². The van der Waals surface area contributed by atoms with Crippen LogP contribution < -0.4 is 10.2 Å². The summed E-state index contributed by atoms with van der Waals surface area (Å²) in [5.74, 6) is -0.0632. The van der Waals surface area contributed by atoms with Crippen molar-refractivity contribution in [2.24, 2.45) is 0 Å². The average Bonchev–Trinajstić information content (AvgIpc) is 2.74. The molecule has 0 fully saturated rings. The van der Waals surface area contributed by atoms with Gasteiger partial charge in [-0.1, -0.05) is 59.6 Å². The molecule has 0 aromatic heterocycles. The second kappa shape index (κ2) is 7.11. The first-order valence-corrected chi connectivity index (χ1v) is 10.00. The first-order valence-electron chi connectivity index (χ1n) is 9.24. The van der Waals surface area contributed by atoms with Crippen LogP contribution in [0.15, 0.2) is 84.9 Å². The Morgan fingerprint density at radius 3 is 2.00 bits per heavy atom. The number of fused-ring (bicyclic) bond motifs is 2. The molecule has 142 valence electrons. The van der Waals surface area contributed by atoms with Crippen molar-refractivity contribution in [3.05, 3.63) is 106 Å². The molecule has 4 aromatic rings. The van der Waals surface area contributed by atoms with Crippen LogP contribution in [0.3, 0.4) is 0 Å². The normalized spacial score (nSPS) is 15.9. The Morgan fingerprint density at radius 2 is 1.34 bits per heavy atom. The molecule has 5 rings (SSSR count). The molecule has 0 aliphatic carbocycles. The monoisotopic (exact) mass is 418 g/mol. The fraction of sp³-hybridized carbons (Fsp3) is 0.0417. The highest BCUT2D eigenvalue weighted by molar-refractivity contribution is 6.31. The van der Waals surface area contributed by atoms with E-state index in [0.717, 1.165) is 27.7 Å². The third-order valence-corrected chi connectivity index (χ3v) is 5.68. The van der Waals surface area contributed by atoms with Crippen molar-refractivity contribution in [1.82, 2.24) is 0 Å². The smallest absolute Gasteiger partial charge is 0.262 e. The van der Waals surface area contributed by atoms with Crippen molar-refractivity contribution < 1.29 is 4.79 Å². The molecular weight excluding hydrogens is 403 g/mol. The van der Waals surface area contributed by atoms with E-state index in [0.29, 0.717) is 15.6 Å². The lowest BCUT2D eigenvalue weighted by Crippen LogP contribution is -2.43. The van der Waals surface area contributed by atoms with E-state index in [2.05, 4.69) is 5.32 Å². The third-order valence-electron chi connectivity index (χ3n) is 5.18. The van der Waals surface area contributed by atoms with E-state index in [9.17, 15) is 4.79 Å². The molecule has 1 aliphatic heterocycles. The summed E-state index contributed by atoms with van der Waals surface area (Å²) < 4.78 is 0. The Balaban J connectivity index is 1.69. The Labute approximate surface area is 178 Å². The van der Waals surface area contributed by atoms with Gasteiger partial charge in [-0.05, 0) is 64.9 Å². The summed E-state index contributed by atoms with van der Waals surface area (Å²) in [7, 11) is 0. The van der Waals surface area contributed by atoms with Crippen molar-refractivity contribution in [3.8, 4) is 0 Å². The molecule has 1 aliphatic rings. The zero-order valence-corrected chi connectivity index (χ0v) is 16.8. The molecule has 0 radical (unpaired) electrons. The molecular formula is C24H16Cl2N2O. The van der Waals surface area contributed by atoms with Gasteiger partial charge >= 0.3 is 0 Å². The van der Waals surface area contributed by atoms with Crippen LogP contribution in [0.2, 0.25) is 10.0 Å². The van der Waals surface area contributed by atoms with Crippen molar-refractivity contribution >= 4 is 51.3 Å². The molecule has 1 unspecified atom stereocenters. The summed E-state index contributed by atoms with van der Waals surface area (Å²) in [4.78, 5) is 15.4. The van der Waals surface area contributed by atoms with Gasteiger partial charge in [0.1, 0.15) is 6.17 Å². The molecule has 0 spiro atoms. The number of carbonyl (C=O) groups is 1. The van der Waals surface area contributed by atoms with Crippen molar-refractivity contribution in [2.45, 2.75) is 6.17 Å². The molecule has 1 heterocycles. The maximum absolute atomic E-state index is 13.6. The van der Waals surface area contributed by atoms with Crippen LogP contribution in [0.25, 0.3) is 10.8 Å². The van der Waals surface area contributed by atoms with Gasteiger partial charge < -0.3 is 5.32 Å². The first kappa shape index (κ1) is 18.0. The van der Waals surface area contributed by atoms with Gasteiger partial charge in [0.15, 0.2) is 0 Å². The number of halogens is 2. The van der Waals surface area contributed by atoms with Crippen LogP contribution in [0, 0.1) is 0 Å². The highest BCUT2D eigenvalue weighted by Gasteiger charge is 2.34. The second-order valence-corrected chi connectivity index (χ2v) is 7.87. The van der Waals surface area contributed by atoms with Crippen LogP contribution in [-0.2, 0) is 0 Å². The molecule has 0 bridgehead atoms. The van der Waals surface area contributed by atoms with Gasteiger partial charge in [-0.2, -0.15) is 0 Å². The van der Waals surface area contributed by atoms with Crippen molar-refractivity contribution in [3.63, 3.8) is 0 Å². The van der Waals surface area contributed by atoms with E-state index in [4.69, 9.17) is 23.2 Å². The molecule has 1 amide bonds. The maximum atomic E-state index is 13.6. The number of amides is 1. The van der Waals surface area contributed by atoms with Gasteiger partial charge in [0, 0.05) is 21.4 Å². The van der Waals surface area contributed by atoms with Gasteiger partial charge in [0.2, 0.25) is 0 Å². The van der Waals surface area contributed by atoms with Crippen LogP contribution in [-0.4, -0.2) is 5.91 Å². The Kier molecular flexibility index (Phi) is 4.42. The molecule has 3 nitrogen and oxygen atoms in total. The van der Waals surface area contributed by atoms with Crippen LogP contribution in [0.5, 0.6) is 0 Å². The van der Waals surface area contributed by atoms with E-state index in [-0.39, 0.29) is 12.1 Å². The predicted molar refractivity (Wildman–Crippen MR) is 120 cm³/mol. The quantitative estimate of drug-likeness (QED) is 0.383. The van der Waals surface area contributed by atoms with E-state index in [1.807, 2.05) is 72.8 Å². The summed E-state index contributed by atoms with van der Waals surface area (Å²) >= 11 is 12.2. The number of rotatable bonds is 2.